The Kier molecular flexibility index (Phi) is 2.96. The number of nitrogens with zero attached hydrogens (tertiary/aromatic N) is 2. The topological polar surface area (TPSA) is 72.2 Å². The molecule has 1 N–H and O–H groups in total. The fraction of sp³-hybridized carbons (Fsp3) is 0.0909. The third-order valence-corrected chi connectivity index (χ3v) is 3.30. The van der Waals surface area contributed by atoms with Crippen LogP contribution in [0.3, 0.4) is 0 Å². The lowest BCUT2D eigenvalue weighted by atomic mass is 10.2. The van der Waals surface area contributed by atoms with E-state index in [1.165, 1.54) is 12.4 Å². The number of aromatic nitrogens is 2. The van der Waals surface area contributed by atoms with Gasteiger partial charge < -0.3 is 4.89 Å². The van der Waals surface area contributed by atoms with Crippen LogP contribution in [-0.4, -0.2) is 27.0 Å². The maximum Gasteiger partial charge on any atom is 0.263 e. The fourth-order valence-electron chi connectivity index (χ4n) is 1.48. The maximum atomic E-state index is 12.1. The molecule has 1 unspecified atom stereocenters. The molecule has 1 heterocycles. The molecule has 2 aromatic rings. The first-order valence-corrected chi connectivity index (χ1v) is 7.05. The normalized spacial score (nSPS) is 14.2. The predicted molar refractivity (Wildman–Crippen MR) is 63.8 cm³/mol. The van der Waals surface area contributed by atoms with Crippen molar-refractivity contribution >= 4 is 18.8 Å². The van der Waals surface area contributed by atoms with Crippen molar-refractivity contribution < 1.29 is 14.3 Å². The van der Waals surface area contributed by atoms with E-state index < -0.39 is 7.37 Å². The Hall–Kier alpha value is -1.71. The average Bonchev–Trinajstić information content (AvgIpc) is 2.78. The van der Waals surface area contributed by atoms with E-state index in [1.807, 2.05) is 0 Å². The quantitative estimate of drug-likeness (QED) is 0.810. The summed E-state index contributed by atoms with van der Waals surface area (Å²) in [5.74, 6) is -0.366. The Morgan fingerprint density at radius 2 is 2.00 bits per heavy atom. The van der Waals surface area contributed by atoms with Crippen LogP contribution in [0.5, 0.6) is 0 Å². The molecule has 1 aromatic carbocycles. The van der Waals surface area contributed by atoms with Crippen LogP contribution in [0.25, 0.3) is 0 Å². The molecule has 0 aliphatic rings. The molecule has 6 heteroatoms. The summed E-state index contributed by atoms with van der Waals surface area (Å²) in [6.45, 7) is 1.16. The van der Waals surface area contributed by atoms with Gasteiger partial charge in [-0.25, -0.2) is 4.98 Å². The minimum atomic E-state index is -3.55. The first kappa shape index (κ1) is 11.8. The molecule has 0 amide bonds. The van der Waals surface area contributed by atoms with Crippen molar-refractivity contribution in [2.75, 3.05) is 6.66 Å². The number of hydrogen-bond donors (Lipinski definition) is 1. The molecule has 5 nitrogen and oxygen atoms in total. The standard InChI is InChI=1S/C11H11N2O3P/c1-17(15,16)11-12-7-8-13(11)10(14)9-5-3-2-4-6-9/h2-8H,1H3,(H,15,16). The smallest absolute Gasteiger partial charge is 0.263 e. The van der Waals surface area contributed by atoms with Crippen LogP contribution < -0.4 is 5.57 Å². The first-order valence-electron chi connectivity index (χ1n) is 4.94. The summed E-state index contributed by atoms with van der Waals surface area (Å²) < 4.78 is 12.7. The summed E-state index contributed by atoms with van der Waals surface area (Å²) in [6, 6.07) is 8.54. The summed E-state index contributed by atoms with van der Waals surface area (Å²) in [6.07, 6.45) is 2.72. The molecule has 0 bridgehead atoms. The first-order chi connectivity index (χ1) is 8.00. The van der Waals surface area contributed by atoms with Crippen LogP contribution in [0.1, 0.15) is 10.4 Å². The zero-order valence-corrected chi connectivity index (χ0v) is 10.0. The highest BCUT2D eigenvalue weighted by Crippen LogP contribution is 2.32. The van der Waals surface area contributed by atoms with E-state index in [4.69, 9.17) is 0 Å². The Bertz CT molecular complexity index is 586. The summed E-state index contributed by atoms with van der Waals surface area (Å²) >= 11 is 0. The minimum Gasteiger partial charge on any atom is -0.339 e. The van der Waals surface area contributed by atoms with Gasteiger partial charge in [0.25, 0.3) is 13.3 Å². The second-order valence-electron chi connectivity index (χ2n) is 3.65. The van der Waals surface area contributed by atoms with Gasteiger partial charge in [-0.1, -0.05) is 18.2 Å². The van der Waals surface area contributed by atoms with Crippen molar-refractivity contribution in [2.45, 2.75) is 0 Å². The minimum absolute atomic E-state index is 0.105. The van der Waals surface area contributed by atoms with Gasteiger partial charge in [-0.3, -0.25) is 13.9 Å². The third kappa shape index (κ3) is 2.35. The van der Waals surface area contributed by atoms with Crippen LogP contribution in [0.4, 0.5) is 0 Å². The van der Waals surface area contributed by atoms with E-state index in [0.717, 1.165) is 11.2 Å². The van der Waals surface area contributed by atoms with Crippen LogP contribution in [0.15, 0.2) is 42.7 Å². The summed E-state index contributed by atoms with van der Waals surface area (Å²) in [4.78, 5) is 25.3. The van der Waals surface area contributed by atoms with Gasteiger partial charge >= 0.3 is 0 Å². The highest BCUT2D eigenvalue weighted by molar-refractivity contribution is 7.64. The van der Waals surface area contributed by atoms with E-state index in [0.29, 0.717) is 5.56 Å². The van der Waals surface area contributed by atoms with Crippen molar-refractivity contribution in [2.24, 2.45) is 0 Å². The zero-order chi connectivity index (χ0) is 12.5. The molecule has 17 heavy (non-hydrogen) atoms. The number of carbonyl (C=O) groups is 1. The molecule has 1 atom stereocenters. The summed E-state index contributed by atoms with van der Waals surface area (Å²) in [7, 11) is -3.55. The molecule has 1 aromatic heterocycles. The third-order valence-electron chi connectivity index (χ3n) is 2.23. The largest absolute Gasteiger partial charge is 0.339 e. The number of imidazole rings is 1. The molecule has 0 spiro atoms. The van der Waals surface area contributed by atoms with Crippen molar-refractivity contribution in [1.82, 2.24) is 9.55 Å². The lowest BCUT2D eigenvalue weighted by molar-refractivity contribution is 0.0962. The second kappa shape index (κ2) is 4.28. The van der Waals surface area contributed by atoms with Crippen LogP contribution in [0, 0.1) is 0 Å². The number of benzene rings is 1. The van der Waals surface area contributed by atoms with Crippen LogP contribution in [-0.2, 0) is 4.57 Å². The molecular weight excluding hydrogens is 239 g/mol. The van der Waals surface area contributed by atoms with Gasteiger partial charge in [-0.05, 0) is 12.1 Å². The molecule has 0 fully saturated rings. The highest BCUT2D eigenvalue weighted by atomic mass is 31.2. The Labute approximate surface area is 98.2 Å². The number of hydrogen-bond acceptors (Lipinski definition) is 3. The SMILES string of the molecule is CP(=O)(O)c1nccn1C(=O)c1ccccc1. The van der Waals surface area contributed by atoms with E-state index in [-0.39, 0.29) is 11.5 Å². The van der Waals surface area contributed by atoms with E-state index in [2.05, 4.69) is 4.98 Å². The van der Waals surface area contributed by atoms with Gasteiger partial charge in [0.2, 0.25) is 5.57 Å². The summed E-state index contributed by atoms with van der Waals surface area (Å²) in [5.41, 5.74) is 0.339. The zero-order valence-electron chi connectivity index (χ0n) is 9.15. The molecular formula is C11H11N2O3P. The van der Waals surface area contributed by atoms with Crippen LogP contribution >= 0.6 is 7.37 Å². The maximum absolute atomic E-state index is 12.1. The van der Waals surface area contributed by atoms with E-state index >= 15 is 0 Å². The average molecular weight is 250 g/mol. The van der Waals surface area contributed by atoms with Gasteiger partial charge in [-0.15, -0.1) is 0 Å². The van der Waals surface area contributed by atoms with Gasteiger partial charge in [-0.2, -0.15) is 0 Å². The van der Waals surface area contributed by atoms with Crippen LogP contribution in [0.2, 0.25) is 0 Å². The monoisotopic (exact) mass is 250 g/mol. The van der Waals surface area contributed by atoms with Gasteiger partial charge in [0.05, 0.1) is 0 Å². The van der Waals surface area contributed by atoms with E-state index in [1.54, 1.807) is 30.3 Å². The molecule has 0 aliphatic carbocycles. The Balaban J connectivity index is 2.47. The summed E-state index contributed by atoms with van der Waals surface area (Å²) in [5, 5.41) is 0. The Morgan fingerprint density at radius 3 is 2.59 bits per heavy atom. The lowest BCUT2D eigenvalue weighted by Gasteiger charge is -2.08. The van der Waals surface area contributed by atoms with Crippen molar-refractivity contribution in [3.63, 3.8) is 0 Å². The van der Waals surface area contributed by atoms with Crippen molar-refractivity contribution in [1.29, 1.82) is 0 Å². The molecule has 2 rings (SSSR count). The fourth-order valence-corrected chi connectivity index (χ4v) is 2.32. The molecule has 0 aliphatic heterocycles. The number of carbonyl (C=O) groups excluding carboxylic acids is 1. The number of rotatable bonds is 2. The van der Waals surface area contributed by atoms with Crippen molar-refractivity contribution in [3.05, 3.63) is 48.3 Å². The molecule has 88 valence electrons. The van der Waals surface area contributed by atoms with Gasteiger partial charge in [0.15, 0.2) is 0 Å². The lowest BCUT2D eigenvalue weighted by Crippen LogP contribution is -2.25. The second-order valence-corrected chi connectivity index (χ2v) is 5.81. The molecule has 0 saturated carbocycles. The molecule has 0 radical (unpaired) electrons. The van der Waals surface area contributed by atoms with E-state index in [9.17, 15) is 14.3 Å². The molecule has 0 saturated heterocycles. The predicted octanol–water partition coefficient (Wildman–Crippen LogP) is 1.10. The van der Waals surface area contributed by atoms with Crippen molar-refractivity contribution in [3.8, 4) is 0 Å². The van der Waals surface area contributed by atoms with Gasteiger partial charge in [0, 0.05) is 24.6 Å². The highest BCUT2D eigenvalue weighted by Gasteiger charge is 2.23. The van der Waals surface area contributed by atoms with Gasteiger partial charge in [0.1, 0.15) is 0 Å². The Morgan fingerprint density at radius 1 is 1.35 bits per heavy atom.